The van der Waals surface area contributed by atoms with Crippen LogP contribution in [0.15, 0.2) is 27.4 Å². The molecule has 1 aliphatic heterocycles. The topological polar surface area (TPSA) is 111 Å². The largest absolute Gasteiger partial charge is 0.548 e. The first-order chi connectivity index (χ1) is 12.4. The highest BCUT2D eigenvalue weighted by Crippen LogP contribution is 2.24. The van der Waals surface area contributed by atoms with E-state index in [0.717, 1.165) is 12.8 Å². The Labute approximate surface area is 149 Å². The Morgan fingerprint density at radius 3 is 2.85 bits per heavy atom. The van der Waals surface area contributed by atoms with Crippen LogP contribution < -0.4 is 10.7 Å². The predicted molar refractivity (Wildman–Crippen MR) is 91.6 cm³/mol. The SMILES string of the molecule is Cc1c(CCC(=O)N2CCCC[C@@H]2C(=O)[O-])c(=O)oc2cc(O)ccc12. The van der Waals surface area contributed by atoms with E-state index in [4.69, 9.17) is 4.42 Å². The molecule has 1 atom stereocenters. The molecule has 0 unspecified atom stereocenters. The standard InChI is InChI=1S/C19H21NO6/c1-11-13-6-5-12(21)10-16(13)26-19(25)14(11)7-8-17(22)20-9-3-2-4-15(20)18(23)24/h5-6,10,15,21H,2-4,7-9H2,1H3,(H,23,24)/p-1/t15-/m1/s1. The van der Waals surface area contributed by atoms with Crippen molar-refractivity contribution < 1.29 is 24.2 Å². The smallest absolute Gasteiger partial charge is 0.339 e. The Bertz CT molecular complexity index is 916. The summed E-state index contributed by atoms with van der Waals surface area (Å²) in [4.78, 5) is 37.3. The first-order valence-electron chi connectivity index (χ1n) is 8.64. The molecule has 2 heterocycles. The van der Waals surface area contributed by atoms with Gasteiger partial charge in [-0.05, 0) is 50.3 Å². The number of likely N-dealkylation sites (tertiary alicyclic amines) is 1. The lowest BCUT2D eigenvalue weighted by atomic mass is 9.99. The van der Waals surface area contributed by atoms with Crippen LogP contribution in [0, 0.1) is 6.92 Å². The number of fused-ring (bicyclic) bond motifs is 1. The lowest BCUT2D eigenvalue weighted by Gasteiger charge is -2.36. The molecule has 0 aliphatic carbocycles. The molecule has 2 aromatic rings. The number of benzene rings is 1. The summed E-state index contributed by atoms with van der Waals surface area (Å²) in [5, 5.41) is 21.4. The Morgan fingerprint density at radius 2 is 2.12 bits per heavy atom. The predicted octanol–water partition coefficient (Wildman–Crippen LogP) is 0.871. The van der Waals surface area contributed by atoms with Gasteiger partial charge in [-0.15, -0.1) is 0 Å². The van der Waals surface area contributed by atoms with Crippen LogP contribution in [0.5, 0.6) is 5.75 Å². The second kappa shape index (κ2) is 7.19. The number of aryl methyl sites for hydroxylation is 1. The Morgan fingerprint density at radius 1 is 1.35 bits per heavy atom. The summed E-state index contributed by atoms with van der Waals surface area (Å²) < 4.78 is 5.25. The van der Waals surface area contributed by atoms with Crippen LogP contribution in [0.2, 0.25) is 0 Å². The number of carbonyl (C=O) groups excluding carboxylic acids is 2. The summed E-state index contributed by atoms with van der Waals surface area (Å²) in [7, 11) is 0. The second-order valence-electron chi connectivity index (χ2n) is 6.59. The number of amides is 1. The van der Waals surface area contributed by atoms with Gasteiger partial charge in [-0.3, -0.25) is 4.79 Å². The molecule has 0 saturated carbocycles. The summed E-state index contributed by atoms with van der Waals surface area (Å²) in [6.07, 6.45) is 2.10. The van der Waals surface area contributed by atoms with Gasteiger partial charge in [0.05, 0.1) is 12.0 Å². The van der Waals surface area contributed by atoms with Gasteiger partial charge in [-0.25, -0.2) is 4.79 Å². The molecular weight excluding hydrogens is 338 g/mol. The van der Waals surface area contributed by atoms with Crippen LogP contribution in [0.25, 0.3) is 11.0 Å². The number of nitrogens with zero attached hydrogens (tertiary/aromatic N) is 1. The summed E-state index contributed by atoms with van der Waals surface area (Å²) in [6, 6.07) is 3.64. The molecule has 1 N–H and O–H groups in total. The number of piperidine rings is 1. The first-order valence-corrected chi connectivity index (χ1v) is 8.64. The molecule has 1 amide bonds. The van der Waals surface area contributed by atoms with E-state index in [1.807, 2.05) is 0 Å². The number of carbonyl (C=O) groups is 2. The summed E-state index contributed by atoms with van der Waals surface area (Å²) in [5.41, 5.74) is 0.816. The minimum atomic E-state index is -1.24. The Balaban J connectivity index is 1.81. The third-order valence-corrected chi connectivity index (χ3v) is 4.96. The molecule has 1 aromatic carbocycles. The van der Waals surface area contributed by atoms with E-state index in [1.165, 1.54) is 17.0 Å². The molecule has 1 saturated heterocycles. The van der Waals surface area contributed by atoms with Crippen LogP contribution in [-0.4, -0.2) is 34.5 Å². The van der Waals surface area contributed by atoms with Crippen LogP contribution in [0.4, 0.5) is 0 Å². The average Bonchev–Trinajstić information content (AvgIpc) is 2.60. The van der Waals surface area contributed by atoms with Gasteiger partial charge in [0, 0.05) is 30.0 Å². The van der Waals surface area contributed by atoms with Crippen molar-refractivity contribution in [2.45, 2.75) is 45.1 Å². The van der Waals surface area contributed by atoms with Crippen molar-refractivity contribution in [3.63, 3.8) is 0 Å². The molecule has 1 aliphatic rings. The number of aromatic hydroxyl groups is 1. The lowest BCUT2D eigenvalue weighted by Crippen LogP contribution is -2.52. The zero-order valence-electron chi connectivity index (χ0n) is 14.5. The molecule has 7 heteroatoms. The van der Waals surface area contributed by atoms with Gasteiger partial charge in [0.2, 0.25) is 5.91 Å². The molecule has 0 radical (unpaired) electrons. The number of aliphatic carboxylic acids is 1. The van der Waals surface area contributed by atoms with E-state index in [-0.39, 0.29) is 30.1 Å². The zero-order chi connectivity index (χ0) is 18.8. The van der Waals surface area contributed by atoms with Gasteiger partial charge in [-0.2, -0.15) is 0 Å². The van der Waals surface area contributed by atoms with Crippen molar-refractivity contribution in [2.24, 2.45) is 0 Å². The van der Waals surface area contributed by atoms with E-state index in [9.17, 15) is 24.6 Å². The maximum Gasteiger partial charge on any atom is 0.339 e. The zero-order valence-corrected chi connectivity index (χ0v) is 14.5. The molecule has 7 nitrogen and oxygen atoms in total. The molecule has 3 rings (SSSR count). The van der Waals surface area contributed by atoms with Crippen molar-refractivity contribution in [2.75, 3.05) is 6.54 Å². The summed E-state index contributed by atoms with van der Waals surface area (Å²) in [5.74, 6) is -1.54. The van der Waals surface area contributed by atoms with Crippen molar-refractivity contribution >= 4 is 22.8 Å². The normalized spacial score (nSPS) is 17.4. The molecule has 26 heavy (non-hydrogen) atoms. The maximum absolute atomic E-state index is 12.5. The van der Waals surface area contributed by atoms with Crippen molar-refractivity contribution in [3.8, 4) is 5.75 Å². The number of hydrogen-bond acceptors (Lipinski definition) is 6. The number of phenolic OH excluding ortho intramolecular Hbond substituents is 1. The minimum absolute atomic E-state index is 0.00129. The van der Waals surface area contributed by atoms with Crippen molar-refractivity contribution in [1.82, 2.24) is 4.90 Å². The molecule has 0 spiro atoms. The van der Waals surface area contributed by atoms with Gasteiger partial charge in [0.15, 0.2) is 0 Å². The monoisotopic (exact) mass is 358 g/mol. The van der Waals surface area contributed by atoms with Crippen LogP contribution in [0.3, 0.4) is 0 Å². The fourth-order valence-corrected chi connectivity index (χ4v) is 3.52. The lowest BCUT2D eigenvalue weighted by molar-refractivity contribution is -0.312. The average molecular weight is 358 g/mol. The van der Waals surface area contributed by atoms with Crippen LogP contribution in [-0.2, 0) is 16.0 Å². The fraction of sp³-hybridized carbons (Fsp3) is 0.421. The number of hydrogen-bond donors (Lipinski definition) is 1. The maximum atomic E-state index is 12.5. The molecule has 1 fully saturated rings. The van der Waals surface area contributed by atoms with Crippen LogP contribution >= 0.6 is 0 Å². The number of carboxylic acid groups (broad SMARTS) is 1. The second-order valence-corrected chi connectivity index (χ2v) is 6.59. The van der Waals surface area contributed by atoms with E-state index in [0.29, 0.717) is 29.5 Å². The first kappa shape index (κ1) is 18.0. The highest BCUT2D eigenvalue weighted by molar-refractivity contribution is 5.84. The van der Waals surface area contributed by atoms with Gasteiger partial charge in [-0.1, -0.05) is 0 Å². The third-order valence-electron chi connectivity index (χ3n) is 4.96. The van der Waals surface area contributed by atoms with Gasteiger partial charge < -0.3 is 24.3 Å². The Kier molecular flexibility index (Phi) is 4.97. The van der Waals surface area contributed by atoms with E-state index < -0.39 is 17.6 Å². The van der Waals surface area contributed by atoms with Gasteiger partial charge in [0.1, 0.15) is 11.3 Å². The quantitative estimate of drug-likeness (QED) is 0.812. The van der Waals surface area contributed by atoms with Gasteiger partial charge >= 0.3 is 5.63 Å². The molecular formula is C19H20NO6-. The summed E-state index contributed by atoms with van der Waals surface area (Å²) >= 11 is 0. The highest BCUT2D eigenvalue weighted by Gasteiger charge is 2.27. The fourth-order valence-electron chi connectivity index (χ4n) is 3.52. The summed E-state index contributed by atoms with van der Waals surface area (Å²) in [6.45, 7) is 2.16. The number of rotatable bonds is 4. The number of carboxylic acids is 1. The highest BCUT2D eigenvalue weighted by atomic mass is 16.4. The molecule has 1 aromatic heterocycles. The Hall–Kier alpha value is -2.83. The van der Waals surface area contributed by atoms with Gasteiger partial charge in [0.25, 0.3) is 0 Å². The van der Waals surface area contributed by atoms with E-state index >= 15 is 0 Å². The van der Waals surface area contributed by atoms with E-state index in [2.05, 4.69) is 0 Å². The van der Waals surface area contributed by atoms with Crippen molar-refractivity contribution in [3.05, 3.63) is 39.7 Å². The molecule has 0 bridgehead atoms. The third kappa shape index (κ3) is 3.42. The minimum Gasteiger partial charge on any atom is -0.548 e. The molecule has 138 valence electrons. The van der Waals surface area contributed by atoms with E-state index in [1.54, 1.807) is 13.0 Å². The van der Waals surface area contributed by atoms with Crippen LogP contribution in [0.1, 0.15) is 36.8 Å². The van der Waals surface area contributed by atoms with Crippen molar-refractivity contribution in [1.29, 1.82) is 0 Å². The number of phenols is 1.